The van der Waals surface area contributed by atoms with Crippen LogP contribution in [0.3, 0.4) is 0 Å². The van der Waals surface area contributed by atoms with Crippen LogP contribution in [0.15, 0.2) is 52.0 Å². The lowest BCUT2D eigenvalue weighted by Gasteiger charge is -2.32. The zero-order valence-corrected chi connectivity index (χ0v) is 18.8. The molecule has 0 spiro atoms. The fourth-order valence-corrected chi connectivity index (χ4v) is 3.70. The normalized spacial score (nSPS) is 19.0. The van der Waals surface area contributed by atoms with Gasteiger partial charge in [0, 0.05) is 4.47 Å². The summed E-state index contributed by atoms with van der Waals surface area (Å²) < 4.78 is 47.4. The minimum atomic E-state index is -5.10. The molecule has 2 aromatic rings. The molecule has 5 nitrogen and oxygen atoms in total. The minimum Gasteiger partial charge on any atom is -0.483 e. The molecular weight excluding hydrogens is 477 g/mol. The SMILES string of the molecule is Cc1ccc(C(C)C)c(OCC(=O)N2N=C(c3cccc(Br)c3)C[C@]2(O)C(F)(F)F)c1. The number of hydrogen-bond donors (Lipinski definition) is 1. The maximum atomic E-state index is 13.7. The number of aliphatic hydroxyl groups is 1. The number of nitrogens with zero attached hydrogens (tertiary/aromatic N) is 2. The standard InChI is InChI=1S/C22H22BrF3N2O3/c1-13(2)17-8-7-14(3)9-19(17)31-12-20(29)28-21(30,22(24,25)26)11-18(27-28)15-5-4-6-16(23)10-15/h4-10,13,30H,11-12H2,1-3H3/t21-/m0/s1. The van der Waals surface area contributed by atoms with Crippen molar-refractivity contribution in [3.63, 3.8) is 0 Å². The van der Waals surface area contributed by atoms with Gasteiger partial charge in [-0.25, -0.2) is 0 Å². The van der Waals surface area contributed by atoms with Gasteiger partial charge in [-0.2, -0.15) is 23.3 Å². The third-order valence-corrected chi connectivity index (χ3v) is 5.47. The predicted molar refractivity (Wildman–Crippen MR) is 114 cm³/mol. The summed E-state index contributed by atoms with van der Waals surface area (Å²) in [6, 6.07) is 11.9. The van der Waals surface area contributed by atoms with Crippen LogP contribution in [0.25, 0.3) is 0 Å². The molecule has 1 amide bonds. The first-order valence-electron chi connectivity index (χ1n) is 9.61. The second kappa shape index (κ2) is 8.63. The maximum Gasteiger partial charge on any atom is 0.438 e. The number of amides is 1. The van der Waals surface area contributed by atoms with Gasteiger partial charge in [-0.3, -0.25) is 4.79 Å². The second-order valence-corrected chi connectivity index (χ2v) is 8.65. The molecule has 1 heterocycles. The molecule has 1 aliphatic heterocycles. The third-order valence-electron chi connectivity index (χ3n) is 4.98. The van der Waals surface area contributed by atoms with Crippen molar-refractivity contribution in [3.05, 3.63) is 63.6 Å². The number of carbonyl (C=O) groups is 1. The molecule has 0 unspecified atom stereocenters. The molecule has 31 heavy (non-hydrogen) atoms. The van der Waals surface area contributed by atoms with Crippen LogP contribution in [0.5, 0.6) is 5.75 Å². The molecule has 3 rings (SSSR count). The van der Waals surface area contributed by atoms with Crippen molar-refractivity contribution in [1.82, 2.24) is 5.01 Å². The van der Waals surface area contributed by atoms with Crippen molar-refractivity contribution in [2.24, 2.45) is 5.10 Å². The number of rotatable bonds is 5. The Morgan fingerprint density at radius 3 is 2.61 bits per heavy atom. The number of carbonyl (C=O) groups excluding carboxylic acids is 1. The Kier molecular flexibility index (Phi) is 6.48. The second-order valence-electron chi connectivity index (χ2n) is 7.74. The fraction of sp³-hybridized carbons (Fsp3) is 0.364. The molecule has 166 valence electrons. The average molecular weight is 499 g/mol. The average Bonchev–Trinajstić information content (AvgIpc) is 3.05. The van der Waals surface area contributed by atoms with Crippen LogP contribution >= 0.6 is 15.9 Å². The number of hydrogen-bond acceptors (Lipinski definition) is 4. The molecule has 9 heteroatoms. The first kappa shape index (κ1) is 23.3. The van der Waals surface area contributed by atoms with Crippen LogP contribution in [-0.4, -0.2) is 40.2 Å². The van der Waals surface area contributed by atoms with Crippen molar-refractivity contribution in [3.8, 4) is 5.75 Å². The number of halogens is 4. The van der Waals surface area contributed by atoms with Gasteiger partial charge >= 0.3 is 6.18 Å². The molecule has 0 saturated carbocycles. The number of aryl methyl sites for hydroxylation is 1. The molecule has 0 aromatic heterocycles. The Labute approximate surface area is 186 Å². The smallest absolute Gasteiger partial charge is 0.438 e. The summed E-state index contributed by atoms with van der Waals surface area (Å²) in [6.45, 7) is 5.03. The monoisotopic (exact) mass is 498 g/mol. The Morgan fingerprint density at radius 2 is 2.00 bits per heavy atom. The van der Waals surface area contributed by atoms with E-state index in [9.17, 15) is 23.1 Å². The molecule has 1 N–H and O–H groups in total. The highest BCUT2D eigenvalue weighted by molar-refractivity contribution is 9.10. The zero-order chi connectivity index (χ0) is 23.0. The van der Waals surface area contributed by atoms with Gasteiger partial charge in [-0.05, 0) is 47.7 Å². The Bertz CT molecular complexity index is 1020. The van der Waals surface area contributed by atoms with Crippen molar-refractivity contribution < 1.29 is 27.8 Å². The Hall–Kier alpha value is -2.39. The summed E-state index contributed by atoms with van der Waals surface area (Å²) in [5.41, 5.74) is -1.42. The molecular formula is C22H22BrF3N2O3. The topological polar surface area (TPSA) is 62.1 Å². The molecule has 0 bridgehead atoms. The van der Waals surface area contributed by atoms with Gasteiger partial charge < -0.3 is 9.84 Å². The van der Waals surface area contributed by atoms with Crippen LogP contribution in [0.1, 0.15) is 42.9 Å². The van der Waals surface area contributed by atoms with Crippen LogP contribution < -0.4 is 4.74 Å². The summed E-state index contributed by atoms with van der Waals surface area (Å²) in [6.07, 6.45) is -5.98. The molecule has 0 fully saturated rings. The van der Waals surface area contributed by atoms with E-state index in [0.717, 1.165) is 11.1 Å². The van der Waals surface area contributed by atoms with Gasteiger partial charge in [-0.1, -0.05) is 54.0 Å². The van der Waals surface area contributed by atoms with Gasteiger partial charge in [0.05, 0.1) is 12.1 Å². The number of hydrazone groups is 1. The summed E-state index contributed by atoms with van der Waals surface area (Å²) >= 11 is 3.26. The van der Waals surface area contributed by atoms with Gasteiger partial charge in [0.25, 0.3) is 11.6 Å². The lowest BCUT2D eigenvalue weighted by Crippen LogP contribution is -2.57. The van der Waals surface area contributed by atoms with Crippen molar-refractivity contribution in [2.75, 3.05) is 6.61 Å². The van der Waals surface area contributed by atoms with Gasteiger partial charge in [-0.15, -0.1) is 0 Å². The van der Waals surface area contributed by atoms with Crippen molar-refractivity contribution in [1.29, 1.82) is 0 Å². The molecule has 0 aliphatic carbocycles. The van der Waals surface area contributed by atoms with E-state index in [0.29, 0.717) is 15.8 Å². The number of benzene rings is 2. The highest BCUT2D eigenvalue weighted by atomic mass is 79.9. The quantitative estimate of drug-likeness (QED) is 0.620. The highest BCUT2D eigenvalue weighted by Gasteiger charge is 2.63. The van der Waals surface area contributed by atoms with E-state index in [1.54, 1.807) is 30.3 Å². The molecule has 2 aromatic carbocycles. The largest absolute Gasteiger partial charge is 0.483 e. The summed E-state index contributed by atoms with van der Waals surface area (Å²) in [5.74, 6) is -0.596. The fourth-order valence-electron chi connectivity index (χ4n) is 3.30. The first-order chi connectivity index (χ1) is 14.4. The van der Waals surface area contributed by atoms with Crippen LogP contribution in [0.4, 0.5) is 13.2 Å². The highest BCUT2D eigenvalue weighted by Crippen LogP contribution is 2.41. The molecule has 1 aliphatic rings. The van der Waals surface area contributed by atoms with E-state index >= 15 is 0 Å². The van der Waals surface area contributed by atoms with Gasteiger partial charge in [0.2, 0.25) is 0 Å². The zero-order valence-electron chi connectivity index (χ0n) is 17.2. The molecule has 0 radical (unpaired) electrons. The van der Waals surface area contributed by atoms with Gasteiger partial charge in [0.1, 0.15) is 5.75 Å². The van der Waals surface area contributed by atoms with Crippen molar-refractivity contribution in [2.45, 2.75) is 45.0 Å². The lowest BCUT2D eigenvalue weighted by atomic mass is 10.0. The van der Waals surface area contributed by atoms with E-state index in [4.69, 9.17) is 4.74 Å². The first-order valence-corrected chi connectivity index (χ1v) is 10.4. The van der Waals surface area contributed by atoms with E-state index < -0.39 is 30.8 Å². The van der Waals surface area contributed by atoms with Crippen LogP contribution in [0, 0.1) is 6.92 Å². The number of ether oxygens (including phenoxy) is 1. The minimum absolute atomic E-state index is 0.0482. The summed E-state index contributed by atoms with van der Waals surface area (Å²) in [7, 11) is 0. The van der Waals surface area contributed by atoms with Crippen LogP contribution in [0.2, 0.25) is 0 Å². The van der Waals surface area contributed by atoms with E-state index in [1.165, 1.54) is 0 Å². The van der Waals surface area contributed by atoms with E-state index in [-0.39, 0.29) is 16.6 Å². The summed E-state index contributed by atoms with van der Waals surface area (Å²) in [4.78, 5) is 12.7. The Morgan fingerprint density at radius 1 is 1.29 bits per heavy atom. The maximum absolute atomic E-state index is 13.7. The Balaban J connectivity index is 1.89. The third kappa shape index (κ3) is 4.77. The predicted octanol–water partition coefficient (Wildman–Crippen LogP) is 5.15. The lowest BCUT2D eigenvalue weighted by molar-refractivity contribution is -0.302. The van der Waals surface area contributed by atoms with Crippen LogP contribution in [-0.2, 0) is 4.79 Å². The van der Waals surface area contributed by atoms with Crippen molar-refractivity contribution >= 4 is 27.5 Å². The molecule has 1 atom stereocenters. The number of alkyl halides is 3. The van der Waals surface area contributed by atoms with E-state index in [2.05, 4.69) is 21.0 Å². The van der Waals surface area contributed by atoms with E-state index in [1.807, 2.05) is 32.9 Å². The van der Waals surface area contributed by atoms with Gasteiger partial charge in [0.15, 0.2) is 6.61 Å². The molecule has 0 saturated heterocycles. The summed E-state index contributed by atoms with van der Waals surface area (Å²) in [5, 5.41) is 14.4.